The number of hydrogen-bond donors (Lipinski definition) is 2. The molecule has 2 N–H and O–H groups in total. The molecule has 6 nitrogen and oxygen atoms in total. The lowest BCUT2D eigenvalue weighted by Gasteiger charge is -2.33. The Kier molecular flexibility index (Phi) is 5.54. The molecule has 28 heavy (non-hydrogen) atoms. The quantitative estimate of drug-likeness (QED) is 0.813. The van der Waals surface area contributed by atoms with E-state index in [4.69, 9.17) is 0 Å². The summed E-state index contributed by atoms with van der Waals surface area (Å²) in [6, 6.07) is 1.05. The van der Waals surface area contributed by atoms with E-state index in [0.717, 1.165) is 12.5 Å². The Hall–Kier alpha value is -2.32. The van der Waals surface area contributed by atoms with Crippen LogP contribution in [0.5, 0.6) is 0 Å². The van der Waals surface area contributed by atoms with Gasteiger partial charge in [0.25, 0.3) is 0 Å². The molecule has 1 amide bonds. The van der Waals surface area contributed by atoms with Gasteiger partial charge in [0, 0.05) is 36.7 Å². The molecule has 0 unspecified atom stereocenters. The molecule has 0 aliphatic carbocycles. The highest BCUT2D eigenvalue weighted by molar-refractivity contribution is 5.91. The van der Waals surface area contributed by atoms with Crippen molar-refractivity contribution in [2.24, 2.45) is 5.92 Å². The third-order valence-electron chi connectivity index (χ3n) is 4.93. The minimum Gasteiger partial charge on any atom is -0.366 e. The number of carbonyl (C=O) groups excluding carboxylic acids is 1. The van der Waals surface area contributed by atoms with Crippen molar-refractivity contribution in [1.29, 1.82) is 0 Å². The maximum Gasteiger partial charge on any atom is 0.417 e. The van der Waals surface area contributed by atoms with Crippen molar-refractivity contribution in [1.82, 2.24) is 20.1 Å². The highest BCUT2D eigenvalue weighted by atomic mass is 19.4. The molecule has 1 aliphatic heterocycles. The van der Waals surface area contributed by atoms with Crippen molar-refractivity contribution in [3.63, 3.8) is 0 Å². The van der Waals surface area contributed by atoms with Crippen LogP contribution in [0.2, 0.25) is 0 Å². The lowest BCUT2D eigenvalue weighted by atomic mass is 9.92. The molecule has 2 aromatic heterocycles. The summed E-state index contributed by atoms with van der Waals surface area (Å²) in [5.74, 6) is -0.202. The second kappa shape index (κ2) is 7.60. The largest absolute Gasteiger partial charge is 0.417 e. The van der Waals surface area contributed by atoms with Gasteiger partial charge in [-0.2, -0.15) is 18.3 Å². The lowest BCUT2D eigenvalue weighted by molar-refractivity contribution is -0.137. The van der Waals surface area contributed by atoms with E-state index in [1.54, 1.807) is 4.90 Å². The second-order valence-electron chi connectivity index (χ2n) is 7.97. The number of aromatic nitrogens is 3. The number of carbonyl (C=O) groups is 1. The van der Waals surface area contributed by atoms with Gasteiger partial charge in [0.05, 0.1) is 10.9 Å². The summed E-state index contributed by atoms with van der Waals surface area (Å²) in [4.78, 5) is 18.5. The van der Waals surface area contributed by atoms with E-state index < -0.39 is 11.7 Å². The van der Waals surface area contributed by atoms with Crippen LogP contribution in [-0.2, 0) is 11.0 Å². The normalized spacial score (nSPS) is 18.3. The van der Waals surface area contributed by atoms with Gasteiger partial charge in [0.2, 0.25) is 5.91 Å². The molecular weight excluding hydrogens is 371 g/mol. The van der Waals surface area contributed by atoms with E-state index in [0.29, 0.717) is 25.2 Å². The molecule has 3 rings (SSSR count). The summed E-state index contributed by atoms with van der Waals surface area (Å²) in [5, 5.41) is 9.53. The Balaban J connectivity index is 2.02. The van der Waals surface area contributed by atoms with E-state index in [2.05, 4.69) is 20.5 Å². The van der Waals surface area contributed by atoms with Crippen LogP contribution in [0.4, 0.5) is 19.0 Å². The number of halogens is 3. The fourth-order valence-electron chi connectivity index (χ4n) is 3.64. The average molecular weight is 397 g/mol. The number of anilines is 1. The number of aromatic amines is 1. The van der Waals surface area contributed by atoms with E-state index in [-0.39, 0.29) is 40.6 Å². The van der Waals surface area contributed by atoms with Crippen LogP contribution in [0.3, 0.4) is 0 Å². The summed E-state index contributed by atoms with van der Waals surface area (Å²) in [5.41, 5.74) is -0.294. The van der Waals surface area contributed by atoms with Gasteiger partial charge >= 0.3 is 6.18 Å². The zero-order chi connectivity index (χ0) is 20.6. The van der Waals surface area contributed by atoms with Crippen LogP contribution in [0.15, 0.2) is 6.07 Å². The number of piperidine rings is 1. The first kappa shape index (κ1) is 20.4. The number of nitrogens with one attached hydrogen (secondary N) is 2. The van der Waals surface area contributed by atoms with Gasteiger partial charge in [-0.25, -0.2) is 4.98 Å². The van der Waals surface area contributed by atoms with Crippen molar-refractivity contribution in [2.75, 3.05) is 18.4 Å². The third-order valence-corrected chi connectivity index (χ3v) is 4.93. The van der Waals surface area contributed by atoms with E-state index in [1.807, 2.05) is 27.7 Å². The molecule has 2 aromatic rings. The van der Waals surface area contributed by atoms with Gasteiger partial charge in [-0.05, 0) is 32.8 Å². The molecule has 0 saturated carbocycles. The molecular formula is C19H26F3N5O. The predicted octanol–water partition coefficient (Wildman–Crippen LogP) is 4.16. The highest BCUT2D eigenvalue weighted by Gasteiger charge is 2.37. The van der Waals surface area contributed by atoms with Gasteiger partial charge in [-0.15, -0.1) is 0 Å². The first-order valence-electron chi connectivity index (χ1n) is 9.59. The molecule has 0 radical (unpaired) electrons. The highest BCUT2D eigenvalue weighted by Crippen LogP contribution is 2.39. The van der Waals surface area contributed by atoms with Gasteiger partial charge in [-0.3, -0.25) is 9.89 Å². The van der Waals surface area contributed by atoms with Crippen LogP contribution >= 0.6 is 0 Å². The van der Waals surface area contributed by atoms with E-state index in [9.17, 15) is 18.0 Å². The van der Waals surface area contributed by atoms with Crippen LogP contribution in [0, 0.1) is 5.92 Å². The van der Waals surface area contributed by atoms with Crippen LogP contribution in [0.25, 0.3) is 11.0 Å². The smallest absolute Gasteiger partial charge is 0.366 e. The summed E-state index contributed by atoms with van der Waals surface area (Å²) in [7, 11) is 0. The number of hydrogen-bond acceptors (Lipinski definition) is 4. The monoisotopic (exact) mass is 397 g/mol. The molecule has 0 bridgehead atoms. The topological polar surface area (TPSA) is 73.9 Å². The fourth-order valence-corrected chi connectivity index (χ4v) is 3.64. The minimum atomic E-state index is -4.53. The van der Waals surface area contributed by atoms with E-state index >= 15 is 0 Å². The number of alkyl halides is 3. The molecule has 3 heterocycles. The van der Waals surface area contributed by atoms with Gasteiger partial charge < -0.3 is 10.2 Å². The van der Waals surface area contributed by atoms with E-state index in [1.165, 1.54) is 0 Å². The van der Waals surface area contributed by atoms with Crippen LogP contribution in [0.1, 0.15) is 57.7 Å². The Bertz CT molecular complexity index is 859. The number of rotatable bonds is 4. The molecule has 154 valence electrons. The van der Waals surface area contributed by atoms with Gasteiger partial charge in [0.1, 0.15) is 0 Å². The lowest BCUT2D eigenvalue weighted by Crippen LogP contribution is -2.41. The van der Waals surface area contributed by atoms with Gasteiger partial charge in [-0.1, -0.05) is 13.8 Å². The minimum absolute atomic E-state index is 0.0202. The number of H-pyrrole nitrogens is 1. The van der Waals surface area contributed by atoms with Crippen LogP contribution < -0.4 is 5.32 Å². The summed E-state index contributed by atoms with van der Waals surface area (Å²) < 4.78 is 41.4. The third kappa shape index (κ3) is 4.07. The number of pyridine rings is 1. The van der Waals surface area contributed by atoms with Crippen LogP contribution in [-0.4, -0.2) is 45.1 Å². The Morgan fingerprint density at radius 1 is 1.32 bits per heavy atom. The molecule has 9 heteroatoms. The number of fused-ring (bicyclic) bond motifs is 1. The van der Waals surface area contributed by atoms with Gasteiger partial charge in [0.15, 0.2) is 11.5 Å². The summed E-state index contributed by atoms with van der Waals surface area (Å²) in [6.07, 6.45) is -3.09. The predicted molar refractivity (Wildman–Crippen MR) is 101 cm³/mol. The zero-order valence-corrected chi connectivity index (χ0v) is 16.5. The first-order valence-corrected chi connectivity index (χ1v) is 9.59. The number of amides is 1. The fraction of sp³-hybridized carbons (Fsp3) is 0.632. The molecule has 1 saturated heterocycles. The molecule has 0 spiro atoms. The van der Waals surface area contributed by atoms with Crippen molar-refractivity contribution in [2.45, 2.75) is 58.7 Å². The summed E-state index contributed by atoms with van der Waals surface area (Å²) >= 11 is 0. The van der Waals surface area contributed by atoms with Crippen molar-refractivity contribution >= 4 is 22.8 Å². The maximum atomic E-state index is 13.8. The standard InChI is InChI=1S/C19H26F3N5O/c1-10(2)18(28)27-7-5-6-12(9-27)14-8-13(19(20,21)22)15-16(23-11(3)4)25-26-17(15)24-14/h8,10-12H,5-7,9H2,1-4H3,(H2,23,24,25,26)/t12-/m0/s1. The van der Waals surface area contributed by atoms with Crippen molar-refractivity contribution in [3.8, 4) is 0 Å². The molecule has 0 aromatic carbocycles. The molecule has 1 atom stereocenters. The Morgan fingerprint density at radius 2 is 2.04 bits per heavy atom. The zero-order valence-electron chi connectivity index (χ0n) is 16.5. The first-order chi connectivity index (χ1) is 13.1. The summed E-state index contributed by atoms with van der Waals surface area (Å²) in [6.45, 7) is 8.33. The molecule has 1 fully saturated rings. The second-order valence-corrected chi connectivity index (χ2v) is 7.97. The SMILES string of the molecule is CC(C)Nc1n[nH]c2nc([C@H]3CCCN(C(=O)C(C)C)C3)cc(C(F)(F)F)c12. The van der Waals surface area contributed by atoms with Crippen molar-refractivity contribution in [3.05, 3.63) is 17.3 Å². The Labute approximate surface area is 161 Å². The maximum absolute atomic E-state index is 13.8. The molecule has 1 aliphatic rings. The number of likely N-dealkylation sites (tertiary alicyclic amines) is 1. The van der Waals surface area contributed by atoms with Crippen molar-refractivity contribution < 1.29 is 18.0 Å². The Morgan fingerprint density at radius 3 is 2.64 bits per heavy atom. The number of nitrogens with zero attached hydrogens (tertiary/aromatic N) is 3. The average Bonchev–Trinajstić information content (AvgIpc) is 3.01.